The first-order chi connectivity index (χ1) is 5.86. The number of aliphatic hydroxyl groups is 1. The lowest BCUT2D eigenvalue weighted by Crippen LogP contribution is -2.59. The Morgan fingerprint density at radius 2 is 1.85 bits per heavy atom. The molecular formula is C9H22N2O2. The third-order valence-electron chi connectivity index (χ3n) is 2.46. The summed E-state index contributed by atoms with van der Waals surface area (Å²) in [7, 11) is 5.68. The number of hydrogen-bond donors (Lipinski definition) is 1. The summed E-state index contributed by atoms with van der Waals surface area (Å²) in [6.45, 7) is 6.22. The van der Waals surface area contributed by atoms with Crippen molar-refractivity contribution in [3.8, 4) is 0 Å². The van der Waals surface area contributed by atoms with Crippen LogP contribution in [0.1, 0.15) is 20.8 Å². The van der Waals surface area contributed by atoms with Crippen LogP contribution in [-0.4, -0.2) is 54.7 Å². The zero-order chi connectivity index (χ0) is 10.6. The molecule has 2 atom stereocenters. The average molecular weight is 190 g/mol. The highest BCUT2D eigenvalue weighted by atomic mass is 16.5. The normalized spacial score (nSPS) is 19.2. The first kappa shape index (κ1) is 12.8. The fourth-order valence-corrected chi connectivity index (χ4v) is 1.17. The van der Waals surface area contributed by atoms with Crippen LogP contribution in [-0.2, 0) is 4.74 Å². The van der Waals surface area contributed by atoms with Gasteiger partial charge in [-0.2, -0.15) is 0 Å². The molecule has 0 saturated heterocycles. The zero-order valence-electron chi connectivity index (χ0n) is 9.53. The fraction of sp³-hybridized carbons (Fsp3) is 1.00. The Balaban J connectivity index is 4.57. The minimum absolute atomic E-state index is 0.529. The Hall–Kier alpha value is -0.160. The van der Waals surface area contributed by atoms with Crippen LogP contribution >= 0.6 is 0 Å². The van der Waals surface area contributed by atoms with Crippen molar-refractivity contribution in [3.05, 3.63) is 0 Å². The lowest BCUT2D eigenvalue weighted by atomic mass is 10.3. The summed E-state index contributed by atoms with van der Waals surface area (Å²) in [4.78, 5) is 3.71. The summed E-state index contributed by atoms with van der Waals surface area (Å²) >= 11 is 0. The molecule has 0 heterocycles. The van der Waals surface area contributed by atoms with Crippen molar-refractivity contribution in [1.29, 1.82) is 0 Å². The Morgan fingerprint density at radius 1 is 1.38 bits per heavy atom. The van der Waals surface area contributed by atoms with Gasteiger partial charge < -0.3 is 9.84 Å². The minimum Gasteiger partial charge on any atom is -0.379 e. The minimum atomic E-state index is -0.553. The SMILES string of the molecule is CCOC(C)(N(C)C)N(C)C(C)O. The molecule has 0 fully saturated rings. The van der Waals surface area contributed by atoms with Crippen molar-refractivity contribution in [1.82, 2.24) is 9.80 Å². The van der Waals surface area contributed by atoms with E-state index in [1.54, 1.807) is 11.8 Å². The summed E-state index contributed by atoms with van der Waals surface area (Å²) in [6.07, 6.45) is -0.529. The summed E-state index contributed by atoms with van der Waals surface area (Å²) in [6, 6.07) is 0. The molecule has 0 spiro atoms. The summed E-state index contributed by atoms with van der Waals surface area (Å²) in [5.41, 5.74) is 0. The van der Waals surface area contributed by atoms with Gasteiger partial charge >= 0.3 is 0 Å². The highest BCUT2D eigenvalue weighted by molar-refractivity contribution is 4.71. The van der Waals surface area contributed by atoms with Crippen molar-refractivity contribution < 1.29 is 9.84 Å². The second-order valence-electron chi connectivity index (χ2n) is 3.50. The molecule has 80 valence electrons. The van der Waals surface area contributed by atoms with E-state index in [9.17, 15) is 5.11 Å². The van der Waals surface area contributed by atoms with Crippen LogP contribution in [0.4, 0.5) is 0 Å². The van der Waals surface area contributed by atoms with Gasteiger partial charge in [0.05, 0.1) is 0 Å². The van der Waals surface area contributed by atoms with Gasteiger partial charge in [-0.05, 0) is 41.9 Å². The molecule has 4 heteroatoms. The Bertz CT molecular complexity index is 151. The first-order valence-electron chi connectivity index (χ1n) is 4.58. The molecule has 4 nitrogen and oxygen atoms in total. The molecule has 0 rings (SSSR count). The fourth-order valence-electron chi connectivity index (χ4n) is 1.17. The van der Waals surface area contributed by atoms with Gasteiger partial charge in [0.15, 0.2) is 5.85 Å². The molecule has 0 aliphatic heterocycles. The third kappa shape index (κ3) is 2.91. The van der Waals surface area contributed by atoms with Crippen LogP contribution in [0.2, 0.25) is 0 Å². The molecule has 0 aliphatic rings. The van der Waals surface area contributed by atoms with Crippen molar-refractivity contribution in [2.24, 2.45) is 0 Å². The van der Waals surface area contributed by atoms with Gasteiger partial charge in [0.2, 0.25) is 0 Å². The molecule has 0 bridgehead atoms. The van der Waals surface area contributed by atoms with Crippen LogP contribution < -0.4 is 0 Å². The van der Waals surface area contributed by atoms with Crippen molar-refractivity contribution in [2.75, 3.05) is 27.7 Å². The van der Waals surface area contributed by atoms with Crippen LogP contribution in [0.3, 0.4) is 0 Å². The van der Waals surface area contributed by atoms with E-state index in [4.69, 9.17) is 4.74 Å². The summed E-state index contributed by atoms with van der Waals surface area (Å²) in [5, 5.41) is 9.45. The highest BCUT2D eigenvalue weighted by Crippen LogP contribution is 2.19. The molecule has 0 saturated carbocycles. The van der Waals surface area contributed by atoms with Crippen LogP contribution in [0.15, 0.2) is 0 Å². The number of aliphatic hydroxyl groups excluding tert-OH is 1. The van der Waals surface area contributed by atoms with E-state index in [1.165, 1.54) is 0 Å². The Morgan fingerprint density at radius 3 is 2.08 bits per heavy atom. The van der Waals surface area contributed by atoms with Crippen molar-refractivity contribution in [3.63, 3.8) is 0 Å². The van der Waals surface area contributed by atoms with Gasteiger partial charge in [-0.15, -0.1) is 0 Å². The Kier molecular flexibility index (Phi) is 4.85. The van der Waals surface area contributed by atoms with E-state index in [0.717, 1.165) is 0 Å². The standard InChI is InChI=1S/C9H22N2O2/c1-7-13-9(3,10(4)5)11(6)8(2)12/h8,12H,7H2,1-6H3. The van der Waals surface area contributed by atoms with E-state index in [0.29, 0.717) is 6.61 Å². The van der Waals surface area contributed by atoms with Gasteiger partial charge in [-0.3, -0.25) is 4.90 Å². The van der Waals surface area contributed by atoms with Crippen LogP contribution in [0.5, 0.6) is 0 Å². The molecule has 0 aliphatic carbocycles. The Labute approximate surface area is 81.1 Å². The van der Waals surface area contributed by atoms with Crippen molar-refractivity contribution in [2.45, 2.75) is 32.8 Å². The molecule has 0 aromatic carbocycles. The molecule has 0 amide bonds. The molecule has 13 heavy (non-hydrogen) atoms. The van der Waals surface area contributed by atoms with E-state index in [1.807, 2.05) is 39.9 Å². The monoisotopic (exact) mass is 190 g/mol. The zero-order valence-corrected chi connectivity index (χ0v) is 9.53. The molecule has 0 radical (unpaired) electrons. The number of rotatable bonds is 5. The average Bonchev–Trinajstić information content (AvgIpc) is 2.02. The van der Waals surface area contributed by atoms with E-state index < -0.39 is 12.1 Å². The summed E-state index contributed by atoms with van der Waals surface area (Å²) in [5.74, 6) is -0.553. The van der Waals surface area contributed by atoms with Gasteiger partial charge in [-0.1, -0.05) is 0 Å². The van der Waals surface area contributed by atoms with Gasteiger partial charge in [0.1, 0.15) is 6.23 Å². The molecule has 0 aromatic heterocycles. The summed E-state index contributed by atoms with van der Waals surface area (Å²) < 4.78 is 5.61. The van der Waals surface area contributed by atoms with E-state index in [-0.39, 0.29) is 0 Å². The third-order valence-corrected chi connectivity index (χ3v) is 2.46. The topological polar surface area (TPSA) is 35.9 Å². The molecule has 1 N–H and O–H groups in total. The maximum Gasteiger partial charge on any atom is 0.177 e. The lowest BCUT2D eigenvalue weighted by molar-refractivity contribution is -0.246. The number of hydrogen-bond acceptors (Lipinski definition) is 4. The largest absolute Gasteiger partial charge is 0.379 e. The van der Waals surface area contributed by atoms with Crippen molar-refractivity contribution >= 4 is 0 Å². The first-order valence-corrected chi connectivity index (χ1v) is 4.58. The quantitative estimate of drug-likeness (QED) is 0.641. The highest BCUT2D eigenvalue weighted by Gasteiger charge is 2.34. The van der Waals surface area contributed by atoms with Gasteiger partial charge in [0.25, 0.3) is 0 Å². The predicted molar refractivity (Wildman–Crippen MR) is 53.2 cm³/mol. The molecule has 2 unspecified atom stereocenters. The second kappa shape index (κ2) is 4.91. The maximum absolute atomic E-state index is 9.45. The predicted octanol–water partition coefficient (Wildman–Crippen LogP) is 0.528. The number of ether oxygens (including phenoxy) is 1. The number of nitrogens with zero attached hydrogens (tertiary/aromatic N) is 2. The molecule has 0 aromatic rings. The van der Waals surface area contributed by atoms with Gasteiger partial charge in [0, 0.05) is 6.61 Å². The maximum atomic E-state index is 9.45. The second-order valence-corrected chi connectivity index (χ2v) is 3.50. The van der Waals surface area contributed by atoms with E-state index >= 15 is 0 Å². The lowest BCUT2D eigenvalue weighted by Gasteiger charge is -2.44. The molecular weight excluding hydrogens is 168 g/mol. The van der Waals surface area contributed by atoms with Gasteiger partial charge in [-0.25, -0.2) is 4.90 Å². The van der Waals surface area contributed by atoms with Crippen LogP contribution in [0.25, 0.3) is 0 Å². The smallest absolute Gasteiger partial charge is 0.177 e. The van der Waals surface area contributed by atoms with E-state index in [2.05, 4.69) is 0 Å². The van der Waals surface area contributed by atoms with Crippen LogP contribution in [0, 0.1) is 0 Å².